The molecule has 1 aliphatic carbocycles. The Bertz CT molecular complexity index is 156. The molecule has 2 fully saturated rings. The third-order valence-electron chi connectivity index (χ3n) is 3.64. The molecule has 1 saturated carbocycles. The van der Waals surface area contributed by atoms with Gasteiger partial charge in [0.1, 0.15) is 0 Å². The summed E-state index contributed by atoms with van der Waals surface area (Å²) < 4.78 is 5.35. The molecule has 2 aliphatic rings. The quantitative estimate of drug-likeness (QED) is 0.675. The first-order valence-electron chi connectivity index (χ1n) is 5.07. The van der Waals surface area contributed by atoms with E-state index in [9.17, 15) is 0 Å². The number of methoxy groups -OCH3 is 1. The lowest BCUT2D eigenvalue weighted by Crippen LogP contribution is -2.37. The van der Waals surface area contributed by atoms with Gasteiger partial charge < -0.3 is 10.1 Å². The summed E-state index contributed by atoms with van der Waals surface area (Å²) in [5.74, 6) is 0.895. The van der Waals surface area contributed by atoms with Crippen molar-refractivity contribution in [2.75, 3.05) is 26.8 Å². The molecule has 0 bridgehead atoms. The average Bonchev–Trinajstić information content (AvgIpc) is 2.48. The fourth-order valence-corrected chi connectivity index (χ4v) is 2.95. The zero-order chi connectivity index (χ0) is 8.44. The molecule has 0 spiro atoms. The first-order valence-corrected chi connectivity index (χ1v) is 5.07. The van der Waals surface area contributed by atoms with Gasteiger partial charge in [-0.1, -0.05) is 12.8 Å². The van der Waals surface area contributed by atoms with Crippen LogP contribution in [-0.2, 0) is 4.74 Å². The summed E-state index contributed by atoms with van der Waals surface area (Å²) in [6, 6.07) is 0. The Balaban J connectivity index is 2.06. The molecular weight excluding hydrogens is 150 g/mol. The summed E-state index contributed by atoms with van der Waals surface area (Å²) in [5, 5.41) is 3.51. The summed E-state index contributed by atoms with van der Waals surface area (Å²) in [7, 11) is 1.83. The number of ether oxygens (including phenoxy) is 1. The van der Waals surface area contributed by atoms with Crippen molar-refractivity contribution in [2.45, 2.75) is 25.7 Å². The number of rotatable bonds is 2. The highest BCUT2D eigenvalue weighted by Gasteiger charge is 2.43. The minimum Gasteiger partial charge on any atom is -0.384 e. The fourth-order valence-electron chi connectivity index (χ4n) is 2.95. The summed E-state index contributed by atoms with van der Waals surface area (Å²) in [5.41, 5.74) is 0.507. The van der Waals surface area contributed by atoms with Crippen LogP contribution >= 0.6 is 0 Å². The first kappa shape index (κ1) is 8.52. The summed E-state index contributed by atoms with van der Waals surface area (Å²) in [6.45, 7) is 3.37. The number of hydrogen-bond donors (Lipinski definition) is 1. The molecule has 2 nitrogen and oxygen atoms in total. The molecule has 0 radical (unpaired) electrons. The fraction of sp³-hybridized carbons (Fsp3) is 1.00. The smallest absolute Gasteiger partial charge is 0.0533 e. The second kappa shape index (κ2) is 3.35. The van der Waals surface area contributed by atoms with Crippen molar-refractivity contribution in [3.63, 3.8) is 0 Å². The normalized spacial score (nSPS) is 41.2. The maximum atomic E-state index is 5.35. The first-order chi connectivity index (χ1) is 5.87. The van der Waals surface area contributed by atoms with Crippen molar-refractivity contribution in [2.24, 2.45) is 11.3 Å². The molecule has 0 aromatic carbocycles. The van der Waals surface area contributed by atoms with Crippen molar-refractivity contribution in [3.05, 3.63) is 0 Å². The van der Waals surface area contributed by atoms with E-state index in [1.165, 1.54) is 38.8 Å². The monoisotopic (exact) mass is 169 g/mol. The second-order valence-electron chi connectivity index (χ2n) is 4.37. The molecule has 0 aromatic rings. The van der Waals surface area contributed by atoms with Gasteiger partial charge in [-0.05, 0) is 25.3 Å². The number of fused-ring (bicyclic) bond motifs is 1. The Hall–Kier alpha value is -0.0800. The van der Waals surface area contributed by atoms with E-state index in [4.69, 9.17) is 4.74 Å². The molecular formula is C10H19NO. The zero-order valence-corrected chi connectivity index (χ0v) is 7.94. The zero-order valence-electron chi connectivity index (χ0n) is 7.94. The van der Waals surface area contributed by atoms with Crippen molar-refractivity contribution in [1.29, 1.82) is 0 Å². The summed E-state index contributed by atoms with van der Waals surface area (Å²) >= 11 is 0. The molecule has 1 N–H and O–H groups in total. The van der Waals surface area contributed by atoms with Gasteiger partial charge in [-0.3, -0.25) is 0 Å². The third kappa shape index (κ3) is 1.27. The molecule has 2 rings (SSSR count). The Morgan fingerprint density at radius 1 is 1.50 bits per heavy atom. The van der Waals surface area contributed by atoms with Crippen LogP contribution in [0.3, 0.4) is 0 Å². The lowest BCUT2D eigenvalue weighted by molar-refractivity contribution is 0.0331. The lowest BCUT2D eigenvalue weighted by Gasteiger charge is -2.37. The van der Waals surface area contributed by atoms with E-state index in [1.807, 2.05) is 7.11 Å². The van der Waals surface area contributed by atoms with Crippen LogP contribution < -0.4 is 5.32 Å². The maximum Gasteiger partial charge on any atom is 0.0533 e. The van der Waals surface area contributed by atoms with Crippen LogP contribution in [0, 0.1) is 11.3 Å². The van der Waals surface area contributed by atoms with Crippen LogP contribution in [0.1, 0.15) is 25.7 Å². The molecule has 0 amide bonds. The Labute approximate surface area is 74.7 Å². The molecule has 0 unspecified atom stereocenters. The molecule has 0 aromatic heterocycles. The van der Waals surface area contributed by atoms with Crippen LogP contribution in [0.4, 0.5) is 0 Å². The predicted molar refractivity (Wildman–Crippen MR) is 49.1 cm³/mol. The highest BCUT2D eigenvalue weighted by atomic mass is 16.5. The van der Waals surface area contributed by atoms with Gasteiger partial charge in [0.25, 0.3) is 0 Å². The highest BCUT2D eigenvalue weighted by Crippen LogP contribution is 2.43. The van der Waals surface area contributed by atoms with Crippen molar-refractivity contribution < 1.29 is 4.74 Å². The minimum atomic E-state index is 0.507. The van der Waals surface area contributed by atoms with Gasteiger partial charge in [-0.25, -0.2) is 0 Å². The Morgan fingerprint density at radius 3 is 3.25 bits per heavy atom. The van der Waals surface area contributed by atoms with Gasteiger partial charge in [0.05, 0.1) is 6.61 Å². The van der Waals surface area contributed by atoms with Gasteiger partial charge in [-0.2, -0.15) is 0 Å². The van der Waals surface area contributed by atoms with E-state index in [2.05, 4.69) is 5.32 Å². The van der Waals surface area contributed by atoms with Crippen molar-refractivity contribution in [1.82, 2.24) is 5.32 Å². The molecule has 1 aliphatic heterocycles. The molecule has 1 saturated heterocycles. The molecule has 2 atom stereocenters. The Morgan fingerprint density at radius 2 is 2.42 bits per heavy atom. The van der Waals surface area contributed by atoms with E-state index in [1.54, 1.807) is 0 Å². The number of hydrogen-bond acceptors (Lipinski definition) is 2. The third-order valence-corrected chi connectivity index (χ3v) is 3.64. The molecule has 1 heterocycles. The van der Waals surface area contributed by atoms with Gasteiger partial charge in [0.2, 0.25) is 0 Å². The topological polar surface area (TPSA) is 21.3 Å². The highest BCUT2D eigenvalue weighted by molar-refractivity contribution is 4.97. The summed E-state index contributed by atoms with van der Waals surface area (Å²) in [4.78, 5) is 0. The molecule has 2 heteroatoms. The Kier molecular flexibility index (Phi) is 2.37. The molecule has 70 valence electrons. The largest absolute Gasteiger partial charge is 0.384 e. The van der Waals surface area contributed by atoms with Gasteiger partial charge >= 0.3 is 0 Å². The minimum absolute atomic E-state index is 0.507. The second-order valence-corrected chi connectivity index (χ2v) is 4.37. The van der Waals surface area contributed by atoms with Crippen LogP contribution in [0.25, 0.3) is 0 Å². The van der Waals surface area contributed by atoms with Crippen LogP contribution in [0.15, 0.2) is 0 Å². The van der Waals surface area contributed by atoms with Crippen LogP contribution in [0.2, 0.25) is 0 Å². The summed E-state index contributed by atoms with van der Waals surface area (Å²) in [6.07, 6.45) is 5.62. The van der Waals surface area contributed by atoms with Crippen molar-refractivity contribution in [3.8, 4) is 0 Å². The SMILES string of the molecule is COC[C@@]12CCCC[C@H]1CNC2. The van der Waals surface area contributed by atoms with E-state index in [0.717, 1.165) is 12.5 Å². The van der Waals surface area contributed by atoms with E-state index in [0.29, 0.717) is 5.41 Å². The van der Waals surface area contributed by atoms with Crippen LogP contribution in [0.5, 0.6) is 0 Å². The lowest BCUT2D eigenvalue weighted by atomic mass is 9.69. The maximum absolute atomic E-state index is 5.35. The van der Waals surface area contributed by atoms with Gasteiger partial charge in [0.15, 0.2) is 0 Å². The molecule has 12 heavy (non-hydrogen) atoms. The van der Waals surface area contributed by atoms with E-state index < -0.39 is 0 Å². The standard InChI is InChI=1S/C10H19NO/c1-12-8-10-5-3-2-4-9(10)6-11-7-10/h9,11H,2-8H2,1H3/t9-,10-/m0/s1. The van der Waals surface area contributed by atoms with Crippen molar-refractivity contribution >= 4 is 0 Å². The predicted octanol–water partition coefficient (Wildman–Crippen LogP) is 1.41. The van der Waals surface area contributed by atoms with Gasteiger partial charge in [0, 0.05) is 19.1 Å². The van der Waals surface area contributed by atoms with Crippen LogP contribution in [-0.4, -0.2) is 26.8 Å². The van der Waals surface area contributed by atoms with E-state index in [-0.39, 0.29) is 0 Å². The van der Waals surface area contributed by atoms with E-state index >= 15 is 0 Å². The number of nitrogens with one attached hydrogen (secondary N) is 1. The van der Waals surface area contributed by atoms with Gasteiger partial charge in [-0.15, -0.1) is 0 Å². The average molecular weight is 169 g/mol.